The SMILES string of the molecule is COc1cccc(CCc2ccccc2OC[C@@H](CN(C)C)ON[C@H](C=O)CCC(=O)O)c1. The van der Waals surface area contributed by atoms with E-state index in [1.165, 1.54) is 5.56 Å². The van der Waals surface area contributed by atoms with Crippen LogP contribution in [0.3, 0.4) is 0 Å². The second-order valence-electron chi connectivity index (χ2n) is 8.07. The lowest BCUT2D eigenvalue weighted by atomic mass is 10.0. The number of para-hydroxylation sites is 1. The first-order valence-electron chi connectivity index (χ1n) is 11.0. The van der Waals surface area contributed by atoms with Gasteiger partial charge in [0.05, 0.1) is 13.2 Å². The Bertz CT molecular complexity index is 873. The van der Waals surface area contributed by atoms with Crippen LogP contribution in [-0.4, -0.2) is 68.8 Å². The van der Waals surface area contributed by atoms with Gasteiger partial charge in [-0.05, 0) is 62.7 Å². The molecular weight excluding hydrogens is 424 g/mol. The molecule has 0 fully saturated rings. The molecule has 0 unspecified atom stereocenters. The number of carbonyl (C=O) groups excluding carboxylic acids is 1. The van der Waals surface area contributed by atoms with E-state index in [1.54, 1.807) is 7.11 Å². The fourth-order valence-corrected chi connectivity index (χ4v) is 3.29. The van der Waals surface area contributed by atoms with Crippen LogP contribution in [-0.2, 0) is 27.3 Å². The number of carbonyl (C=O) groups is 2. The molecule has 0 spiro atoms. The minimum atomic E-state index is -0.956. The number of nitrogens with one attached hydrogen (secondary N) is 1. The number of aliphatic carboxylic acids is 1. The molecule has 0 aliphatic heterocycles. The molecular formula is C25H34N2O6. The van der Waals surface area contributed by atoms with E-state index in [0.717, 1.165) is 29.9 Å². The molecule has 8 nitrogen and oxygen atoms in total. The van der Waals surface area contributed by atoms with Gasteiger partial charge in [0.25, 0.3) is 0 Å². The number of nitrogens with zero attached hydrogens (tertiary/aromatic N) is 1. The summed E-state index contributed by atoms with van der Waals surface area (Å²) in [5.41, 5.74) is 4.96. The summed E-state index contributed by atoms with van der Waals surface area (Å²) in [5.74, 6) is 0.665. The largest absolute Gasteiger partial charge is 0.497 e. The molecule has 2 atom stereocenters. The Morgan fingerprint density at radius 1 is 1.15 bits per heavy atom. The van der Waals surface area contributed by atoms with Gasteiger partial charge in [0, 0.05) is 13.0 Å². The third-order valence-corrected chi connectivity index (χ3v) is 5.00. The van der Waals surface area contributed by atoms with Crippen molar-refractivity contribution in [2.75, 3.05) is 34.4 Å². The van der Waals surface area contributed by atoms with Crippen LogP contribution in [0.15, 0.2) is 48.5 Å². The summed E-state index contributed by atoms with van der Waals surface area (Å²) in [4.78, 5) is 29.6. The van der Waals surface area contributed by atoms with E-state index in [2.05, 4.69) is 11.5 Å². The van der Waals surface area contributed by atoms with E-state index < -0.39 is 12.0 Å². The van der Waals surface area contributed by atoms with Crippen molar-refractivity contribution in [2.24, 2.45) is 0 Å². The lowest BCUT2D eigenvalue weighted by Gasteiger charge is -2.24. The molecule has 2 aromatic rings. The zero-order valence-corrected chi connectivity index (χ0v) is 19.5. The number of methoxy groups -OCH3 is 1. The first-order valence-corrected chi connectivity index (χ1v) is 11.0. The summed E-state index contributed by atoms with van der Waals surface area (Å²) < 4.78 is 11.4. The van der Waals surface area contributed by atoms with Gasteiger partial charge >= 0.3 is 5.97 Å². The molecule has 2 rings (SSSR count). The van der Waals surface area contributed by atoms with Crippen LogP contribution < -0.4 is 15.0 Å². The summed E-state index contributed by atoms with van der Waals surface area (Å²) in [6, 6.07) is 15.2. The highest BCUT2D eigenvalue weighted by Crippen LogP contribution is 2.22. The van der Waals surface area contributed by atoms with Crippen LogP contribution in [0.1, 0.15) is 24.0 Å². The first-order chi connectivity index (χ1) is 15.9. The monoisotopic (exact) mass is 458 g/mol. The van der Waals surface area contributed by atoms with E-state index in [-0.39, 0.29) is 25.6 Å². The zero-order valence-electron chi connectivity index (χ0n) is 19.5. The van der Waals surface area contributed by atoms with Crippen LogP contribution in [0, 0.1) is 0 Å². The van der Waals surface area contributed by atoms with Crippen molar-refractivity contribution >= 4 is 12.3 Å². The number of carboxylic acids is 1. The van der Waals surface area contributed by atoms with Crippen LogP contribution in [0.25, 0.3) is 0 Å². The van der Waals surface area contributed by atoms with Gasteiger partial charge in [-0.2, -0.15) is 5.48 Å². The number of ether oxygens (including phenoxy) is 2. The predicted octanol–water partition coefficient (Wildman–Crippen LogP) is 2.74. The van der Waals surface area contributed by atoms with Gasteiger partial charge in [-0.25, -0.2) is 0 Å². The van der Waals surface area contributed by atoms with Crippen molar-refractivity contribution in [3.8, 4) is 11.5 Å². The van der Waals surface area contributed by atoms with Gasteiger partial charge in [0.2, 0.25) is 0 Å². The van der Waals surface area contributed by atoms with Crippen molar-refractivity contribution in [2.45, 2.75) is 37.8 Å². The maximum atomic E-state index is 11.2. The fourth-order valence-electron chi connectivity index (χ4n) is 3.29. The smallest absolute Gasteiger partial charge is 0.303 e. The molecule has 0 amide bonds. The maximum Gasteiger partial charge on any atom is 0.303 e. The minimum Gasteiger partial charge on any atom is -0.497 e. The molecule has 0 heterocycles. The summed E-state index contributed by atoms with van der Waals surface area (Å²) in [5, 5.41) is 8.82. The van der Waals surface area contributed by atoms with Crippen molar-refractivity contribution in [3.05, 3.63) is 59.7 Å². The average Bonchev–Trinajstić information content (AvgIpc) is 2.81. The molecule has 0 aliphatic carbocycles. The van der Waals surface area contributed by atoms with Crippen molar-refractivity contribution < 1.29 is 29.0 Å². The highest BCUT2D eigenvalue weighted by Gasteiger charge is 2.17. The van der Waals surface area contributed by atoms with Crippen LogP contribution in [0.4, 0.5) is 0 Å². The number of carboxylic acid groups (broad SMARTS) is 1. The molecule has 0 saturated carbocycles. The Kier molecular flexibility index (Phi) is 11.4. The summed E-state index contributed by atoms with van der Waals surface area (Å²) in [6.07, 6.45) is 1.99. The molecule has 2 N–H and O–H groups in total. The summed E-state index contributed by atoms with van der Waals surface area (Å²) >= 11 is 0. The lowest BCUT2D eigenvalue weighted by Crippen LogP contribution is -2.41. The van der Waals surface area contributed by atoms with E-state index >= 15 is 0 Å². The Balaban J connectivity index is 1.96. The lowest BCUT2D eigenvalue weighted by molar-refractivity contribution is -0.137. The molecule has 0 aliphatic rings. The van der Waals surface area contributed by atoms with Gasteiger partial charge in [0.1, 0.15) is 30.5 Å². The molecule has 0 radical (unpaired) electrons. The fraction of sp³-hybridized carbons (Fsp3) is 0.440. The van der Waals surface area contributed by atoms with Gasteiger partial charge in [-0.15, -0.1) is 0 Å². The number of hydrogen-bond acceptors (Lipinski definition) is 7. The first kappa shape index (κ1) is 26.3. The number of hydroxylamine groups is 1. The average molecular weight is 459 g/mol. The Hall–Kier alpha value is -2.94. The maximum absolute atomic E-state index is 11.2. The van der Waals surface area contributed by atoms with Crippen molar-refractivity contribution in [1.82, 2.24) is 10.4 Å². The van der Waals surface area contributed by atoms with Gasteiger partial charge in [-0.3, -0.25) is 9.63 Å². The topological polar surface area (TPSA) is 97.3 Å². The standard InChI is InChI=1S/C25H34N2O6/c1-27(2)16-23(33-26-21(17-28)13-14-25(29)30)18-32-24-10-5-4-8-20(24)12-11-19-7-6-9-22(15-19)31-3/h4-10,15,17,21,23,26H,11-14,16,18H2,1-3H3,(H,29,30)/t21-,23+/m0/s1. The third-order valence-electron chi connectivity index (χ3n) is 5.00. The quantitative estimate of drug-likeness (QED) is 0.293. The van der Waals surface area contributed by atoms with Crippen molar-refractivity contribution in [3.63, 3.8) is 0 Å². The summed E-state index contributed by atoms with van der Waals surface area (Å²) in [6.45, 7) is 0.829. The molecule has 0 saturated heterocycles. The molecule has 180 valence electrons. The summed E-state index contributed by atoms with van der Waals surface area (Å²) in [7, 11) is 5.49. The highest BCUT2D eigenvalue weighted by atomic mass is 16.7. The Morgan fingerprint density at radius 2 is 1.94 bits per heavy atom. The van der Waals surface area contributed by atoms with E-state index in [4.69, 9.17) is 19.4 Å². The van der Waals surface area contributed by atoms with Gasteiger partial charge in [-0.1, -0.05) is 30.3 Å². The van der Waals surface area contributed by atoms with E-state index in [0.29, 0.717) is 12.8 Å². The Morgan fingerprint density at radius 3 is 2.64 bits per heavy atom. The van der Waals surface area contributed by atoms with Crippen LogP contribution in [0.2, 0.25) is 0 Å². The molecule has 33 heavy (non-hydrogen) atoms. The second-order valence-corrected chi connectivity index (χ2v) is 8.07. The number of aryl methyl sites for hydroxylation is 2. The van der Waals surface area contributed by atoms with Crippen LogP contribution >= 0.6 is 0 Å². The van der Waals surface area contributed by atoms with Crippen LogP contribution in [0.5, 0.6) is 11.5 Å². The van der Waals surface area contributed by atoms with Gasteiger partial charge < -0.3 is 24.3 Å². The number of aldehydes is 1. The predicted molar refractivity (Wildman–Crippen MR) is 126 cm³/mol. The number of likely N-dealkylation sites (N-methyl/N-ethyl adjacent to an activating group) is 1. The number of rotatable bonds is 16. The highest BCUT2D eigenvalue weighted by molar-refractivity contribution is 5.68. The third kappa shape index (κ3) is 10.0. The zero-order chi connectivity index (χ0) is 24.1. The molecule has 0 aromatic heterocycles. The number of benzene rings is 2. The van der Waals surface area contributed by atoms with Crippen molar-refractivity contribution in [1.29, 1.82) is 0 Å². The molecule has 0 bridgehead atoms. The minimum absolute atomic E-state index is 0.116. The van der Waals surface area contributed by atoms with E-state index in [1.807, 2.05) is 61.5 Å². The molecule has 2 aromatic carbocycles. The number of hydrogen-bond donors (Lipinski definition) is 2. The normalized spacial score (nSPS) is 12.8. The molecule has 8 heteroatoms. The van der Waals surface area contributed by atoms with E-state index in [9.17, 15) is 9.59 Å². The second kappa shape index (κ2) is 14.3. The van der Waals surface area contributed by atoms with Gasteiger partial charge in [0.15, 0.2) is 0 Å². The Labute approximate surface area is 195 Å².